The summed E-state index contributed by atoms with van der Waals surface area (Å²) in [4.78, 5) is 29.8. The number of urea groups is 1. The molecule has 3 aromatic carbocycles. The Hall–Kier alpha value is -4.33. The van der Waals surface area contributed by atoms with Crippen molar-refractivity contribution in [2.45, 2.75) is 6.54 Å². The topological polar surface area (TPSA) is 94.5 Å². The third-order valence-electron chi connectivity index (χ3n) is 4.94. The Labute approximate surface area is 184 Å². The zero-order valence-electron chi connectivity index (χ0n) is 17.7. The van der Waals surface area contributed by atoms with Crippen LogP contribution in [0.25, 0.3) is 10.9 Å². The lowest BCUT2D eigenvalue weighted by Gasteiger charge is -2.16. The Morgan fingerprint density at radius 1 is 0.906 bits per heavy atom. The van der Waals surface area contributed by atoms with Gasteiger partial charge in [-0.25, -0.2) is 9.59 Å². The minimum Gasteiger partial charge on any atom is -0.497 e. The Balaban J connectivity index is 1.69. The number of amides is 2. The maximum absolute atomic E-state index is 12.8. The van der Waals surface area contributed by atoms with Gasteiger partial charge in [0.05, 0.1) is 26.3 Å². The molecule has 8 nitrogen and oxygen atoms in total. The summed E-state index contributed by atoms with van der Waals surface area (Å²) in [7, 11) is 3.15. The van der Waals surface area contributed by atoms with Crippen LogP contribution >= 0.6 is 0 Å². The number of benzene rings is 3. The number of methoxy groups -OCH3 is 2. The summed E-state index contributed by atoms with van der Waals surface area (Å²) in [6.07, 6.45) is 0. The van der Waals surface area contributed by atoms with E-state index >= 15 is 0 Å². The van der Waals surface area contributed by atoms with Gasteiger partial charge in [-0.05, 0) is 42.0 Å². The number of ether oxygens (including phenoxy) is 2. The van der Waals surface area contributed by atoms with E-state index < -0.39 is 11.7 Å². The first-order valence-corrected chi connectivity index (χ1v) is 9.92. The van der Waals surface area contributed by atoms with Crippen LogP contribution in [0.4, 0.5) is 16.3 Å². The molecule has 0 saturated carbocycles. The molecule has 2 amide bonds. The molecule has 0 aliphatic carbocycles. The highest BCUT2D eigenvalue weighted by Crippen LogP contribution is 2.23. The molecule has 0 radical (unpaired) electrons. The number of carbonyl (C=O) groups is 1. The van der Waals surface area contributed by atoms with Gasteiger partial charge in [0.25, 0.3) is 0 Å². The summed E-state index contributed by atoms with van der Waals surface area (Å²) in [6, 6.07) is 21.1. The lowest BCUT2D eigenvalue weighted by molar-refractivity contribution is 0.262. The number of aromatic nitrogens is 2. The monoisotopic (exact) mass is 430 g/mol. The van der Waals surface area contributed by atoms with Crippen LogP contribution in [0.1, 0.15) is 5.56 Å². The number of nitrogens with zero attached hydrogens (tertiary/aromatic N) is 2. The van der Waals surface area contributed by atoms with Crippen LogP contribution in [0.3, 0.4) is 0 Å². The van der Waals surface area contributed by atoms with Gasteiger partial charge < -0.3 is 14.8 Å². The van der Waals surface area contributed by atoms with E-state index in [0.29, 0.717) is 33.9 Å². The fourth-order valence-corrected chi connectivity index (χ4v) is 3.34. The molecule has 0 aliphatic heterocycles. The zero-order valence-corrected chi connectivity index (χ0v) is 17.7. The van der Waals surface area contributed by atoms with Crippen molar-refractivity contribution in [3.63, 3.8) is 0 Å². The van der Waals surface area contributed by atoms with Crippen molar-refractivity contribution in [1.29, 1.82) is 0 Å². The van der Waals surface area contributed by atoms with Crippen LogP contribution in [0, 0.1) is 0 Å². The van der Waals surface area contributed by atoms with Crippen LogP contribution in [0.15, 0.2) is 77.6 Å². The minimum atomic E-state index is -0.488. The van der Waals surface area contributed by atoms with Crippen molar-refractivity contribution in [3.05, 3.63) is 88.8 Å². The Bertz CT molecular complexity index is 1320. The van der Waals surface area contributed by atoms with E-state index in [1.807, 2.05) is 36.4 Å². The number of rotatable bonds is 6. The molecular weight excluding hydrogens is 408 g/mol. The van der Waals surface area contributed by atoms with Gasteiger partial charge in [0.15, 0.2) is 0 Å². The van der Waals surface area contributed by atoms with Gasteiger partial charge in [0.2, 0.25) is 0 Å². The predicted octanol–water partition coefficient (Wildman–Crippen LogP) is 4.11. The molecule has 1 heterocycles. The van der Waals surface area contributed by atoms with E-state index in [2.05, 4.69) is 15.6 Å². The average Bonchev–Trinajstić information content (AvgIpc) is 2.81. The van der Waals surface area contributed by atoms with E-state index in [4.69, 9.17) is 9.47 Å². The highest BCUT2D eigenvalue weighted by Gasteiger charge is 2.15. The Morgan fingerprint density at radius 3 is 2.41 bits per heavy atom. The van der Waals surface area contributed by atoms with Crippen LogP contribution in [-0.4, -0.2) is 29.8 Å². The first kappa shape index (κ1) is 20.9. The predicted molar refractivity (Wildman–Crippen MR) is 124 cm³/mol. The molecule has 0 spiro atoms. The van der Waals surface area contributed by atoms with Crippen molar-refractivity contribution >= 4 is 28.4 Å². The van der Waals surface area contributed by atoms with Crippen molar-refractivity contribution in [3.8, 4) is 11.5 Å². The van der Waals surface area contributed by atoms with Crippen LogP contribution in [0.5, 0.6) is 11.5 Å². The van der Waals surface area contributed by atoms with Crippen molar-refractivity contribution in [1.82, 2.24) is 9.55 Å². The first-order valence-electron chi connectivity index (χ1n) is 9.92. The molecule has 0 saturated heterocycles. The molecule has 32 heavy (non-hydrogen) atoms. The average molecular weight is 430 g/mol. The van der Waals surface area contributed by atoms with E-state index in [0.717, 1.165) is 5.56 Å². The Morgan fingerprint density at radius 2 is 1.66 bits per heavy atom. The molecular formula is C24H22N4O4. The van der Waals surface area contributed by atoms with Crippen LogP contribution in [-0.2, 0) is 6.54 Å². The third kappa shape index (κ3) is 4.54. The number of hydrogen-bond donors (Lipinski definition) is 2. The third-order valence-corrected chi connectivity index (χ3v) is 4.94. The molecule has 1 aromatic heterocycles. The molecule has 4 aromatic rings. The summed E-state index contributed by atoms with van der Waals surface area (Å²) in [6.45, 7) is 0.232. The summed E-state index contributed by atoms with van der Waals surface area (Å²) in [5.74, 6) is 1.69. The quantitative estimate of drug-likeness (QED) is 0.480. The summed E-state index contributed by atoms with van der Waals surface area (Å²) in [5.41, 5.74) is 1.46. The second kappa shape index (κ2) is 9.22. The lowest BCUT2D eigenvalue weighted by Crippen LogP contribution is -2.30. The zero-order chi connectivity index (χ0) is 22.5. The number of carbonyl (C=O) groups excluding carboxylic acids is 1. The number of anilines is 2. The molecule has 2 N–H and O–H groups in total. The fourth-order valence-electron chi connectivity index (χ4n) is 3.34. The van der Waals surface area contributed by atoms with Gasteiger partial charge in [-0.1, -0.05) is 30.3 Å². The number of hydrogen-bond acceptors (Lipinski definition) is 5. The maximum Gasteiger partial charge on any atom is 0.350 e. The molecule has 0 unspecified atom stereocenters. The van der Waals surface area contributed by atoms with Crippen LogP contribution < -0.4 is 25.8 Å². The van der Waals surface area contributed by atoms with E-state index in [9.17, 15) is 9.59 Å². The molecule has 8 heteroatoms. The van der Waals surface area contributed by atoms with Gasteiger partial charge >= 0.3 is 11.7 Å². The molecule has 162 valence electrons. The van der Waals surface area contributed by atoms with E-state index in [1.54, 1.807) is 50.6 Å². The van der Waals surface area contributed by atoms with Gasteiger partial charge in [-0.15, -0.1) is 0 Å². The minimum absolute atomic E-state index is 0.232. The largest absolute Gasteiger partial charge is 0.497 e. The molecule has 0 aliphatic rings. The Kier molecular flexibility index (Phi) is 6.03. The van der Waals surface area contributed by atoms with Crippen molar-refractivity contribution < 1.29 is 14.3 Å². The molecule has 0 bridgehead atoms. The highest BCUT2D eigenvalue weighted by atomic mass is 16.5. The summed E-state index contributed by atoms with van der Waals surface area (Å²) < 4.78 is 11.8. The van der Waals surface area contributed by atoms with Crippen molar-refractivity contribution in [2.24, 2.45) is 0 Å². The van der Waals surface area contributed by atoms with Gasteiger partial charge in [-0.3, -0.25) is 9.88 Å². The molecule has 0 fully saturated rings. The van der Waals surface area contributed by atoms with Gasteiger partial charge in [0, 0.05) is 17.1 Å². The van der Waals surface area contributed by atoms with E-state index in [-0.39, 0.29) is 6.54 Å². The fraction of sp³-hybridized carbons (Fsp3) is 0.125. The van der Waals surface area contributed by atoms with Gasteiger partial charge in [0.1, 0.15) is 17.3 Å². The highest BCUT2D eigenvalue weighted by molar-refractivity contribution is 6.04. The SMILES string of the molecule is COc1ccc(Cn2c(NC(=O)Nc3cccc(OC)c3)c3ccccc3nc2=O)cc1. The van der Waals surface area contributed by atoms with Crippen molar-refractivity contribution in [2.75, 3.05) is 24.9 Å². The smallest absolute Gasteiger partial charge is 0.350 e. The number of para-hydroxylation sites is 1. The number of nitrogens with one attached hydrogen (secondary N) is 2. The lowest BCUT2D eigenvalue weighted by atomic mass is 10.2. The second-order valence-electron chi connectivity index (χ2n) is 7.01. The first-order chi connectivity index (χ1) is 15.6. The molecule has 0 atom stereocenters. The van der Waals surface area contributed by atoms with Gasteiger partial charge in [-0.2, -0.15) is 4.98 Å². The summed E-state index contributed by atoms with van der Waals surface area (Å²) >= 11 is 0. The van der Waals surface area contributed by atoms with E-state index in [1.165, 1.54) is 4.57 Å². The maximum atomic E-state index is 12.8. The standard InChI is InChI=1S/C24H22N4O4/c1-31-18-12-10-16(11-13-18)15-28-22(20-8-3-4-9-21(20)26-24(28)30)27-23(29)25-17-6-5-7-19(14-17)32-2/h3-14H,15H2,1-2H3,(H2,25,27,29). The van der Waals surface area contributed by atoms with Crippen LogP contribution in [0.2, 0.25) is 0 Å². The second-order valence-corrected chi connectivity index (χ2v) is 7.01. The number of fused-ring (bicyclic) bond motifs is 1. The molecule has 4 rings (SSSR count). The normalized spacial score (nSPS) is 10.6. The summed E-state index contributed by atoms with van der Waals surface area (Å²) in [5, 5.41) is 6.26.